The summed E-state index contributed by atoms with van der Waals surface area (Å²) < 4.78 is 63.2. The van der Waals surface area contributed by atoms with Gasteiger partial charge in [-0.05, 0) is 29.7 Å². The zero-order chi connectivity index (χ0) is 15.1. The van der Waals surface area contributed by atoms with Gasteiger partial charge in [0.1, 0.15) is 0 Å². The van der Waals surface area contributed by atoms with Gasteiger partial charge in [-0.3, -0.25) is 4.79 Å². The van der Waals surface area contributed by atoms with Crippen LogP contribution in [0.5, 0.6) is 0 Å². The van der Waals surface area contributed by atoms with E-state index in [0.29, 0.717) is 5.56 Å². The standard InChI is InChI=1S/C13H10F5NO/c1-7-10-3-2-9(19-11(20)13(16,17)18)6-8(10)4-5-12(7,14)15/h2-3,6H,1,4-5H2,(H,19,20). The molecule has 0 radical (unpaired) electrons. The first kappa shape index (κ1) is 14.5. The lowest BCUT2D eigenvalue weighted by Gasteiger charge is -2.27. The van der Waals surface area contributed by atoms with Crippen molar-refractivity contribution in [3.8, 4) is 0 Å². The average molecular weight is 291 g/mol. The van der Waals surface area contributed by atoms with Crippen LogP contribution >= 0.6 is 0 Å². The van der Waals surface area contributed by atoms with Crippen molar-refractivity contribution < 1.29 is 26.7 Å². The molecular formula is C13H10F5NO. The quantitative estimate of drug-likeness (QED) is 0.784. The number of allylic oxidation sites excluding steroid dienone is 1. The number of rotatable bonds is 1. The van der Waals surface area contributed by atoms with Gasteiger partial charge in [0.15, 0.2) is 0 Å². The van der Waals surface area contributed by atoms with Gasteiger partial charge in [-0.2, -0.15) is 13.2 Å². The summed E-state index contributed by atoms with van der Waals surface area (Å²) in [7, 11) is 0. The lowest BCUT2D eigenvalue weighted by atomic mass is 9.85. The molecule has 1 aromatic carbocycles. The predicted octanol–water partition coefficient (Wildman–Crippen LogP) is 3.78. The fourth-order valence-corrected chi connectivity index (χ4v) is 2.01. The van der Waals surface area contributed by atoms with Crippen molar-refractivity contribution in [2.24, 2.45) is 0 Å². The van der Waals surface area contributed by atoms with Crippen LogP contribution in [0, 0.1) is 0 Å². The van der Waals surface area contributed by atoms with Crippen LogP contribution in [0.4, 0.5) is 27.6 Å². The molecule has 2 rings (SSSR count). The van der Waals surface area contributed by atoms with Crippen LogP contribution in [-0.4, -0.2) is 18.0 Å². The number of halogens is 5. The van der Waals surface area contributed by atoms with Crippen molar-refractivity contribution in [2.75, 3.05) is 5.32 Å². The summed E-state index contributed by atoms with van der Waals surface area (Å²) in [5, 5.41) is 1.69. The Bertz CT molecular complexity index is 577. The van der Waals surface area contributed by atoms with Crippen molar-refractivity contribution in [2.45, 2.75) is 24.9 Å². The molecule has 0 saturated heterocycles. The normalized spacial score (nSPS) is 17.6. The van der Waals surface area contributed by atoms with Gasteiger partial charge in [-0.25, -0.2) is 8.78 Å². The summed E-state index contributed by atoms with van der Waals surface area (Å²) >= 11 is 0. The number of aryl methyl sites for hydroxylation is 1. The van der Waals surface area contributed by atoms with E-state index in [-0.39, 0.29) is 23.2 Å². The monoisotopic (exact) mass is 291 g/mol. The van der Waals surface area contributed by atoms with Crippen LogP contribution in [0.1, 0.15) is 17.5 Å². The highest BCUT2D eigenvalue weighted by atomic mass is 19.4. The molecule has 0 aromatic heterocycles. The van der Waals surface area contributed by atoms with Gasteiger partial charge in [0.05, 0.1) is 0 Å². The highest BCUT2D eigenvalue weighted by Crippen LogP contribution is 2.41. The summed E-state index contributed by atoms with van der Waals surface area (Å²) in [6.07, 6.45) is -5.43. The Morgan fingerprint density at radius 3 is 2.55 bits per heavy atom. The van der Waals surface area contributed by atoms with Gasteiger partial charge in [0.25, 0.3) is 5.92 Å². The molecule has 1 aromatic rings. The third-order valence-corrected chi connectivity index (χ3v) is 3.10. The fraction of sp³-hybridized carbons (Fsp3) is 0.308. The van der Waals surface area contributed by atoms with E-state index in [9.17, 15) is 26.7 Å². The first-order chi connectivity index (χ1) is 9.11. The number of alkyl halides is 5. The third-order valence-electron chi connectivity index (χ3n) is 3.10. The number of carbonyl (C=O) groups excluding carboxylic acids is 1. The minimum absolute atomic E-state index is 0.0110. The average Bonchev–Trinajstić information content (AvgIpc) is 2.33. The number of nitrogens with one attached hydrogen (secondary N) is 1. The minimum Gasteiger partial charge on any atom is -0.318 e. The summed E-state index contributed by atoms with van der Waals surface area (Å²) in [5.74, 6) is -5.11. The Hall–Kier alpha value is -1.92. The van der Waals surface area contributed by atoms with Gasteiger partial charge in [-0.15, -0.1) is 0 Å². The number of benzene rings is 1. The van der Waals surface area contributed by atoms with Crippen molar-refractivity contribution in [3.05, 3.63) is 35.9 Å². The topological polar surface area (TPSA) is 29.1 Å². The second-order valence-electron chi connectivity index (χ2n) is 4.51. The molecule has 7 heteroatoms. The maximum absolute atomic E-state index is 13.4. The van der Waals surface area contributed by atoms with E-state index < -0.39 is 24.4 Å². The molecule has 20 heavy (non-hydrogen) atoms. The first-order valence-corrected chi connectivity index (χ1v) is 5.70. The van der Waals surface area contributed by atoms with E-state index in [1.165, 1.54) is 12.1 Å². The molecule has 1 amide bonds. The van der Waals surface area contributed by atoms with Gasteiger partial charge in [-0.1, -0.05) is 12.6 Å². The van der Waals surface area contributed by atoms with Crippen molar-refractivity contribution in [1.82, 2.24) is 0 Å². The third kappa shape index (κ3) is 2.66. The highest BCUT2D eigenvalue weighted by Gasteiger charge is 2.40. The second kappa shape index (κ2) is 4.57. The lowest BCUT2D eigenvalue weighted by Crippen LogP contribution is -2.30. The number of hydrogen-bond acceptors (Lipinski definition) is 1. The fourth-order valence-electron chi connectivity index (χ4n) is 2.01. The number of amides is 1. The molecule has 1 N–H and O–H groups in total. The molecule has 0 bridgehead atoms. The minimum atomic E-state index is -4.99. The zero-order valence-corrected chi connectivity index (χ0v) is 10.2. The molecule has 2 nitrogen and oxygen atoms in total. The van der Waals surface area contributed by atoms with Crippen molar-refractivity contribution in [3.63, 3.8) is 0 Å². The Kier molecular flexibility index (Phi) is 3.31. The van der Waals surface area contributed by atoms with E-state index in [0.717, 1.165) is 6.07 Å². The molecule has 1 aliphatic carbocycles. The molecule has 0 saturated carbocycles. The molecule has 0 spiro atoms. The van der Waals surface area contributed by atoms with Gasteiger partial charge < -0.3 is 5.32 Å². The summed E-state index contributed by atoms with van der Waals surface area (Å²) in [4.78, 5) is 10.8. The van der Waals surface area contributed by atoms with E-state index in [2.05, 4.69) is 6.58 Å². The van der Waals surface area contributed by atoms with E-state index in [1.54, 1.807) is 5.32 Å². The molecule has 1 aliphatic rings. The molecular weight excluding hydrogens is 281 g/mol. The molecule has 0 aliphatic heterocycles. The van der Waals surface area contributed by atoms with Crippen molar-refractivity contribution in [1.29, 1.82) is 0 Å². The maximum atomic E-state index is 13.4. The van der Waals surface area contributed by atoms with E-state index in [1.807, 2.05) is 0 Å². The van der Waals surface area contributed by atoms with Crippen LogP contribution in [0.15, 0.2) is 24.8 Å². The van der Waals surface area contributed by atoms with Gasteiger partial charge in [0.2, 0.25) is 0 Å². The van der Waals surface area contributed by atoms with Crippen LogP contribution in [0.3, 0.4) is 0 Å². The lowest BCUT2D eigenvalue weighted by molar-refractivity contribution is -0.167. The molecule has 0 atom stereocenters. The smallest absolute Gasteiger partial charge is 0.318 e. The second-order valence-corrected chi connectivity index (χ2v) is 4.51. The van der Waals surface area contributed by atoms with Crippen molar-refractivity contribution >= 4 is 17.2 Å². The molecule has 0 heterocycles. The first-order valence-electron chi connectivity index (χ1n) is 5.70. The zero-order valence-electron chi connectivity index (χ0n) is 10.2. The van der Waals surface area contributed by atoms with E-state index in [4.69, 9.17) is 0 Å². The summed E-state index contributed by atoms with van der Waals surface area (Å²) in [6.45, 7) is 3.32. The Labute approximate surface area is 111 Å². The molecule has 0 fully saturated rings. The SMILES string of the molecule is C=C1c2ccc(NC(=O)C(F)(F)F)cc2CCC1(F)F. The molecule has 108 valence electrons. The number of hydrogen-bond donors (Lipinski definition) is 1. The van der Waals surface area contributed by atoms with Gasteiger partial charge >= 0.3 is 12.1 Å². The van der Waals surface area contributed by atoms with Gasteiger partial charge in [0, 0.05) is 17.7 Å². The van der Waals surface area contributed by atoms with Crippen LogP contribution < -0.4 is 5.32 Å². The number of carbonyl (C=O) groups is 1. The summed E-state index contributed by atoms with van der Waals surface area (Å²) in [5.41, 5.74) is 0.226. The Morgan fingerprint density at radius 1 is 1.30 bits per heavy atom. The van der Waals surface area contributed by atoms with E-state index >= 15 is 0 Å². The molecule has 0 unspecified atom stereocenters. The Balaban J connectivity index is 2.26. The number of anilines is 1. The Morgan fingerprint density at radius 2 is 1.95 bits per heavy atom. The summed E-state index contributed by atoms with van der Waals surface area (Å²) in [6, 6.07) is 3.66. The number of fused-ring (bicyclic) bond motifs is 1. The maximum Gasteiger partial charge on any atom is 0.471 e. The van der Waals surface area contributed by atoms with Crippen LogP contribution in [-0.2, 0) is 11.2 Å². The van der Waals surface area contributed by atoms with Crippen LogP contribution in [0.25, 0.3) is 5.57 Å². The predicted molar refractivity (Wildman–Crippen MR) is 63.4 cm³/mol. The largest absolute Gasteiger partial charge is 0.471 e. The highest BCUT2D eigenvalue weighted by molar-refractivity contribution is 5.95. The van der Waals surface area contributed by atoms with Crippen LogP contribution in [0.2, 0.25) is 0 Å².